The summed E-state index contributed by atoms with van der Waals surface area (Å²) in [5.74, 6) is 0.104. The van der Waals surface area contributed by atoms with Crippen molar-refractivity contribution in [1.29, 1.82) is 0 Å². The molecular formula is C16H22N2O3. The summed E-state index contributed by atoms with van der Waals surface area (Å²) in [6, 6.07) is 5.96. The average Bonchev–Trinajstić information content (AvgIpc) is 3.00. The number of piperidine rings is 1. The highest BCUT2D eigenvalue weighted by atomic mass is 16.5. The monoisotopic (exact) mass is 290 g/mol. The van der Waals surface area contributed by atoms with E-state index in [1.807, 2.05) is 17.0 Å². The molecule has 0 saturated carbocycles. The summed E-state index contributed by atoms with van der Waals surface area (Å²) in [6.07, 6.45) is 2.89. The Kier molecular flexibility index (Phi) is 4.41. The minimum absolute atomic E-state index is 0.0568. The Morgan fingerprint density at radius 1 is 1.38 bits per heavy atom. The fourth-order valence-corrected chi connectivity index (χ4v) is 3.05. The topological polar surface area (TPSA) is 61.8 Å². The molecule has 3 rings (SSSR count). The van der Waals surface area contributed by atoms with E-state index in [4.69, 9.17) is 9.84 Å². The van der Waals surface area contributed by atoms with E-state index < -0.39 is 0 Å². The van der Waals surface area contributed by atoms with E-state index in [1.54, 1.807) is 0 Å². The Morgan fingerprint density at radius 2 is 2.19 bits per heavy atom. The number of amides is 1. The van der Waals surface area contributed by atoms with Crippen molar-refractivity contribution in [3.05, 3.63) is 29.3 Å². The van der Waals surface area contributed by atoms with Crippen molar-refractivity contribution in [1.82, 2.24) is 4.90 Å². The lowest BCUT2D eigenvalue weighted by molar-refractivity contribution is -0.00554. The predicted octanol–water partition coefficient (Wildman–Crippen LogP) is 1.27. The van der Waals surface area contributed by atoms with Gasteiger partial charge in [0.25, 0.3) is 5.91 Å². The number of benzene rings is 1. The van der Waals surface area contributed by atoms with Gasteiger partial charge in [-0.3, -0.25) is 4.79 Å². The smallest absolute Gasteiger partial charge is 0.253 e. The van der Waals surface area contributed by atoms with Gasteiger partial charge in [-0.1, -0.05) is 6.07 Å². The molecule has 0 aromatic heterocycles. The van der Waals surface area contributed by atoms with Gasteiger partial charge in [-0.25, -0.2) is 0 Å². The number of aliphatic hydroxyl groups is 1. The molecule has 0 bridgehead atoms. The molecule has 21 heavy (non-hydrogen) atoms. The molecule has 2 aliphatic rings. The standard InChI is InChI=1S/C16H22N2O3/c19-9-10-21-14-4-7-18(8-5-14)16(20)13-2-1-12-3-6-17-15(12)11-13/h1-2,11,14,17,19H,3-10H2. The zero-order valence-corrected chi connectivity index (χ0v) is 12.2. The molecule has 0 radical (unpaired) electrons. The Labute approximate surface area is 124 Å². The summed E-state index contributed by atoms with van der Waals surface area (Å²) < 4.78 is 5.53. The van der Waals surface area contributed by atoms with E-state index in [2.05, 4.69) is 11.4 Å². The summed E-state index contributed by atoms with van der Waals surface area (Å²) in [5.41, 5.74) is 3.16. The van der Waals surface area contributed by atoms with E-state index in [1.165, 1.54) is 5.56 Å². The number of rotatable bonds is 4. The molecular weight excluding hydrogens is 268 g/mol. The van der Waals surface area contributed by atoms with Crippen molar-refractivity contribution >= 4 is 11.6 Å². The number of ether oxygens (including phenoxy) is 1. The summed E-state index contributed by atoms with van der Waals surface area (Å²) >= 11 is 0. The van der Waals surface area contributed by atoms with Crippen LogP contribution in [0, 0.1) is 0 Å². The summed E-state index contributed by atoms with van der Waals surface area (Å²) in [6.45, 7) is 2.84. The van der Waals surface area contributed by atoms with Crippen LogP contribution in [0.5, 0.6) is 0 Å². The van der Waals surface area contributed by atoms with Gasteiger partial charge in [-0.05, 0) is 37.0 Å². The van der Waals surface area contributed by atoms with Crippen molar-refractivity contribution in [2.45, 2.75) is 25.4 Å². The highest BCUT2D eigenvalue weighted by Crippen LogP contribution is 2.24. The van der Waals surface area contributed by atoms with Crippen LogP contribution < -0.4 is 5.32 Å². The summed E-state index contributed by atoms with van der Waals surface area (Å²) in [4.78, 5) is 14.4. The van der Waals surface area contributed by atoms with Crippen LogP contribution >= 0.6 is 0 Å². The van der Waals surface area contributed by atoms with Crippen LogP contribution in [0.3, 0.4) is 0 Å². The fraction of sp³-hybridized carbons (Fsp3) is 0.562. The number of nitrogens with zero attached hydrogens (tertiary/aromatic N) is 1. The second kappa shape index (κ2) is 6.45. The quantitative estimate of drug-likeness (QED) is 0.876. The zero-order chi connectivity index (χ0) is 14.7. The first-order chi connectivity index (χ1) is 10.3. The Hall–Kier alpha value is -1.59. The predicted molar refractivity (Wildman–Crippen MR) is 80.6 cm³/mol. The molecule has 0 spiro atoms. The van der Waals surface area contributed by atoms with E-state index in [0.717, 1.165) is 50.1 Å². The van der Waals surface area contributed by atoms with Gasteiger partial charge in [0.1, 0.15) is 0 Å². The minimum atomic E-state index is 0.0568. The number of fused-ring (bicyclic) bond motifs is 1. The van der Waals surface area contributed by atoms with E-state index in [0.29, 0.717) is 6.61 Å². The SMILES string of the molecule is O=C(c1ccc2c(c1)NCC2)N1CCC(OCCO)CC1. The molecule has 114 valence electrons. The number of carbonyl (C=O) groups excluding carboxylic acids is 1. The van der Waals surface area contributed by atoms with E-state index in [9.17, 15) is 4.79 Å². The molecule has 0 unspecified atom stereocenters. The van der Waals surface area contributed by atoms with Crippen molar-refractivity contribution in [2.75, 3.05) is 38.2 Å². The molecule has 1 saturated heterocycles. The Balaban J connectivity index is 1.59. The van der Waals surface area contributed by atoms with Gasteiger partial charge in [0, 0.05) is 30.9 Å². The first-order valence-electron chi connectivity index (χ1n) is 7.66. The second-order valence-corrected chi connectivity index (χ2v) is 5.63. The van der Waals surface area contributed by atoms with Crippen LogP contribution in [0.4, 0.5) is 5.69 Å². The highest BCUT2D eigenvalue weighted by Gasteiger charge is 2.24. The van der Waals surface area contributed by atoms with Gasteiger partial charge < -0.3 is 20.1 Å². The third kappa shape index (κ3) is 3.19. The Bertz CT molecular complexity index is 510. The van der Waals surface area contributed by atoms with Crippen LogP contribution in [0.15, 0.2) is 18.2 Å². The lowest BCUT2D eigenvalue weighted by Crippen LogP contribution is -2.41. The van der Waals surface area contributed by atoms with Crippen molar-refractivity contribution < 1.29 is 14.6 Å². The van der Waals surface area contributed by atoms with E-state index in [-0.39, 0.29) is 18.6 Å². The third-order valence-electron chi connectivity index (χ3n) is 4.24. The largest absolute Gasteiger partial charge is 0.394 e. The van der Waals surface area contributed by atoms with Gasteiger partial charge >= 0.3 is 0 Å². The number of hydrogen-bond donors (Lipinski definition) is 2. The molecule has 2 N–H and O–H groups in total. The third-order valence-corrected chi connectivity index (χ3v) is 4.24. The zero-order valence-electron chi connectivity index (χ0n) is 12.2. The summed E-state index contributed by atoms with van der Waals surface area (Å²) in [5, 5.41) is 12.1. The number of likely N-dealkylation sites (tertiary alicyclic amines) is 1. The van der Waals surface area contributed by atoms with E-state index >= 15 is 0 Å². The lowest BCUT2D eigenvalue weighted by atomic mass is 10.0. The molecule has 1 fully saturated rings. The van der Waals surface area contributed by atoms with Crippen molar-refractivity contribution in [3.63, 3.8) is 0 Å². The van der Waals surface area contributed by atoms with Crippen LogP contribution in [-0.4, -0.2) is 54.9 Å². The van der Waals surface area contributed by atoms with Gasteiger partial charge in [-0.15, -0.1) is 0 Å². The number of carbonyl (C=O) groups is 1. The highest BCUT2D eigenvalue weighted by molar-refractivity contribution is 5.95. The first kappa shape index (κ1) is 14.4. The fourth-order valence-electron chi connectivity index (χ4n) is 3.05. The molecule has 1 aromatic carbocycles. The Morgan fingerprint density at radius 3 is 2.95 bits per heavy atom. The molecule has 5 nitrogen and oxygen atoms in total. The van der Waals surface area contributed by atoms with Gasteiger partial charge in [0.05, 0.1) is 19.3 Å². The normalized spacial score (nSPS) is 18.4. The molecule has 0 aliphatic carbocycles. The van der Waals surface area contributed by atoms with Crippen molar-refractivity contribution in [3.8, 4) is 0 Å². The second-order valence-electron chi connectivity index (χ2n) is 5.63. The molecule has 1 amide bonds. The minimum Gasteiger partial charge on any atom is -0.394 e. The van der Waals surface area contributed by atoms with Gasteiger partial charge in [0.15, 0.2) is 0 Å². The molecule has 5 heteroatoms. The van der Waals surface area contributed by atoms with Crippen molar-refractivity contribution in [2.24, 2.45) is 0 Å². The maximum absolute atomic E-state index is 12.5. The van der Waals surface area contributed by atoms with Crippen LogP contribution in [0.25, 0.3) is 0 Å². The van der Waals surface area contributed by atoms with Crippen LogP contribution in [0.1, 0.15) is 28.8 Å². The number of hydrogen-bond acceptors (Lipinski definition) is 4. The molecule has 1 aromatic rings. The maximum Gasteiger partial charge on any atom is 0.253 e. The average molecular weight is 290 g/mol. The first-order valence-corrected chi connectivity index (χ1v) is 7.66. The molecule has 2 aliphatic heterocycles. The van der Waals surface area contributed by atoms with Gasteiger partial charge in [0.2, 0.25) is 0 Å². The summed E-state index contributed by atoms with van der Waals surface area (Å²) in [7, 11) is 0. The molecule has 0 atom stereocenters. The molecule has 2 heterocycles. The lowest BCUT2D eigenvalue weighted by Gasteiger charge is -2.32. The van der Waals surface area contributed by atoms with Crippen LogP contribution in [-0.2, 0) is 11.2 Å². The maximum atomic E-state index is 12.5. The van der Waals surface area contributed by atoms with Gasteiger partial charge in [-0.2, -0.15) is 0 Å². The number of aliphatic hydroxyl groups excluding tert-OH is 1. The number of nitrogens with one attached hydrogen (secondary N) is 1. The van der Waals surface area contributed by atoms with Crippen LogP contribution in [0.2, 0.25) is 0 Å². The number of anilines is 1.